The molecule has 1 aromatic carbocycles. The molecule has 0 bridgehead atoms. The first-order valence-corrected chi connectivity index (χ1v) is 8.24. The van der Waals surface area contributed by atoms with Crippen molar-refractivity contribution in [1.82, 2.24) is 5.32 Å². The van der Waals surface area contributed by atoms with Crippen LogP contribution in [0.15, 0.2) is 18.2 Å². The van der Waals surface area contributed by atoms with E-state index in [2.05, 4.69) is 44.3 Å². The third-order valence-corrected chi connectivity index (χ3v) is 4.34. The Hall–Kier alpha value is -1.02. The summed E-state index contributed by atoms with van der Waals surface area (Å²) in [6, 6.07) is 7.26. The molecule has 0 amide bonds. The van der Waals surface area contributed by atoms with Crippen LogP contribution >= 0.6 is 0 Å². The van der Waals surface area contributed by atoms with E-state index in [4.69, 9.17) is 4.74 Å². The van der Waals surface area contributed by atoms with Gasteiger partial charge in [-0.3, -0.25) is 0 Å². The fraction of sp³-hybridized carbons (Fsp3) is 0.667. The number of nitrogens with one attached hydrogen (secondary N) is 1. The molecule has 0 fully saturated rings. The maximum Gasteiger partial charge on any atom is 0.120 e. The van der Waals surface area contributed by atoms with Gasteiger partial charge in [-0.1, -0.05) is 19.9 Å². The summed E-state index contributed by atoms with van der Waals surface area (Å²) in [6.07, 6.45) is 7.70. The second-order valence-corrected chi connectivity index (χ2v) is 5.99. The van der Waals surface area contributed by atoms with Crippen molar-refractivity contribution >= 4 is 0 Å². The van der Waals surface area contributed by atoms with Crippen molar-refractivity contribution in [3.8, 4) is 5.75 Å². The zero-order valence-corrected chi connectivity index (χ0v) is 13.2. The second-order valence-electron chi connectivity index (χ2n) is 5.99. The van der Waals surface area contributed by atoms with Crippen LogP contribution in [0.3, 0.4) is 0 Å². The first-order chi connectivity index (χ1) is 9.72. The summed E-state index contributed by atoms with van der Waals surface area (Å²) in [5.74, 6) is 1.03. The van der Waals surface area contributed by atoms with Crippen LogP contribution in [0.1, 0.15) is 57.6 Å². The molecule has 0 saturated carbocycles. The van der Waals surface area contributed by atoms with Crippen molar-refractivity contribution in [3.63, 3.8) is 0 Å². The van der Waals surface area contributed by atoms with E-state index >= 15 is 0 Å². The van der Waals surface area contributed by atoms with Crippen LogP contribution in [-0.2, 0) is 12.8 Å². The van der Waals surface area contributed by atoms with Crippen molar-refractivity contribution in [2.24, 2.45) is 0 Å². The fourth-order valence-corrected chi connectivity index (χ4v) is 2.97. The van der Waals surface area contributed by atoms with E-state index in [1.165, 1.54) is 49.7 Å². The molecule has 0 heterocycles. The van der Waals surface area contributed by atoms with Gasteiger partial charge in [-0.2, -0.15) is 0 Å². The van der Waals surface area contributed by atoms with E-state index in [1.807, 2.05) is 0 Å². The molecule has 1 aliphatic carbocycles. The first-order valence-electron chi connectivity index (χ1n) is 8.24. The molecule has 0 aliphatic heterocycles. The number of fused-ring (bicyclic) bond motifs is 1. The number of hydrogen-bond acceptors (Lipinski definition) is 2. The van der Waals surface area contributed by atoms with Gasteiger partial charge in [-0.15, -0.1) is 0 Å². The van der Waals surface area contributed by atoms with Crippen molar-refractivity contribution in [3.05, 3.63) is 29.3 Å². The lowest BCUT2D eigenvalue weighted by Crippen LogP contribution is -2.36. The zero-order valence-electron chi connectivity index (χ0n) is 13.2. The number of aryl methyl sites for hydroxylation is 2. The predicted molar refractivity (Wildman–Crippen MR) is 85.5 cm³/mol. The van der Waals surface area contributed by atoms with Crippen LogP contribution in [0.2, 0.25) is 0 Å². The lowest BCUT2D eigenvalue weighted by Gasteiger charge is -2.21. The molecule has 0 saturated heterocycles. The second kappa shape index (κ2) is 7.68. The van der Waals surface area contributed by atoms with E-state index in [-0.39, 0.29) is 6.10 Å². The van der Waals surface area contributed by atoms with Gasteiger partial charge in [0.1, 0.15) is 11.9 Å². The van der Waals surface area contributed by atoms with E-state index in [0.29, 0.717) is 6.04 Å². The van der Waals surface area contributed by atoms with Crippen molar-refractivity contribution in [2.45, 2.75) is 71.4 Å². The fourth-order valence-electron chi connectivity index (χ4n) is 2.97. The van der Waals surface area contributed by atoms with E-state index in [1.54, 1.807) is 0 Å². The molecular formula is C18H29NO. The Kier molecular flexibility index (Phi) is 5.90. The Bertz CT molecular complexity index is 412. The minimum atomic E-state index is 0.220. The molecule has 112 valence electrons. The molecule has 1 N–H and O–H groups in total. The SMILES string of the molecule is CCC(CC)NCC(C)Oc1ccc2c(c1)CCCC2. The van der Waals surface area contributed by atoms with Gasteiger partial charge < -0.3 is 10.1 Å². The summed E-state index contributed by atoms with van der Waals surface area (Å²) in [5, 5.41) is 3.58. The van der Waals surface area contributed by atoms with Gasteiger partial charge in [0.05, 0.1) is 0 Å². The number of hydrogen-bond donors (Lipinski definition) is 1. The monoisotopic (exact) mass is 275 g/mol. The minimum absolute atomic E-state index is 0.220. The summed E-state index contributed by atoms with van der Waals surface area (Å²) in [4.78, 5) is 0. The van der Waals surface area contributed by atoms with Crippen LogP contribution in [0.4, 0.5) is 0 Å². The molecule has 1 aromatic rings. The van der Waals surface area contributed by atoms with Crippen molar-refractivity contribution < 1.29 is 4.74 Å². The summed E-state index contributed by atoms with van der Waals surface area (Å²) in [7, 11) is 0. The van der Waals surface area contributed by atoms with Gasteiger partial charge in [-0.25, -0.2) is 0 Å². The molecule has 2 rings (SSSR count). The molecule has 20 heavy (non-hydrogen) atoms. The third kappa shape index (κ3) is 4.24. The maximum absolute atomic E-state index is 6.06. The Balaban J connectivity index is 1.86. The van der Waals surface area contributed by atoms with Gasteiger partial charge >= 0.3 is 0 Å². The average molecular weight is 275 g/mol. The lowest BCUT2D eigenvalue weighted by atomic mass is 9.92. The Morgan fingerprint density at radius 3 is 2.50 bits per heavy atom. The number of rotatable bonds is 7. The maximum atomic E-state index is 6.06. The molecule has 0 radical (unpaired) electrons. The highest BCUT2D eigenvalue weighted by Gasteiger charge is 2.12. The average Bonchev–Trinajstić information content (AvgIpc) is 2.48. The standard InChI is InChI=1S/C18H29NO/c1-4-17(5-2)19-13-14(3)20-18-11-10-15-8-6-7-9-16(15)12-18/h10-12,14,17,19H,4-9,13H2,1-3H3. The normalized spacial score (nSPS) is 16.0. The van der Waals surface area contributed by atoms with Crippen LogP contribution in [-0.4, -0.2) is 18.7 Å². The highest BCUT2D eigenvalue weighted by Crippen LogP contribution is 2.25. The van der Waals surface area contributed by atoms with Crippen molar-refractivity contribution in [2.75, 3.05) is 6.54 Å². The lowest BCUT2D eigenvalue weighted by molar-refractivity contribution is 0.210. The largest absolute Gasteiger partial charge is 0.489 e. The highest BCUT2D eigenvalue weighted by atomic mass is 16.5. The van der Waals surface area contributed by atoms with Crippen LogP contribution in [0.5, 0.6) is 5.75 Å². The third-order valence-electron chi connectivity index (χ3n) is 4.34. The minimum Gasteiger partial charge on any atom is -0.489 e. The van der Waals surface area contributed by atoms with Crippen LogP contribution in [0, 0.1) is 0 Å². The van der Waals surface area contributed by atoms with Crippen molar-refractivity contribution in [1.29, 1.82) is 0 Å². The smallest absolute Gasteiger partial charge is 0.120 e. The molecule has 1 atom stereocenters. The molecule has 1 aliphatic rings. The van der Waals surface area contributed by atoms with Gasteiger partial charge in [0.25, 0.3) is 0 Å². The van der Waals surface area contributed by atoms with Gasteiger partial charge in [-0.05, 0) is 68.7 Å². The zero-order chi connectivity index (χ0) is 14.4. The van der Waals surface area contributed by atoms with E-state index in [9.17, 15) is 0 Å². The Labute approximate surface area is 123 Å². The predicted octanol–water partition coefficient (Wildman–Crippen LogP) is 4.11. The summed E-state index contributed by atoms with van der Waals surface area (Å²) < 4.78 is 6.06. The summed E-state index contributed by atoms with van der Waals surface area (Å²) in [6.45, 7) is 7.53. The Morgan fingerprint density at radius 2 is 1.80 bits per heavy atom. The van der Waals surface area contributed by atoms with Gasteiger partial charge in [0, 0.05) is 12.6 Å². The van der Waals surface area contributed by atoms with E-state index < -0.39 is 0 Å². The molecule has 2 heteroatoms. The molecule has 0 aromatic heterocycles. The van der Waals surface area contributed by atoms with Gasteiger partial charge in [0.2, 0.25) is 0 Å². The molecule has 0 spiro atoms. The van der Waals surface area contributed by atoms with E-state index in [0.717, 1.165) is 12.3 Å². The first kappa shape index (κ1) is 15.4. The molecular weight excluding hydrogens is 246 g/mol. The summed E-state index contributed by atoms with van der Waals surface area (Å²) in [5.41, 5.74) is 3.01. The highest BCUT2D eigenvalue weighted by molar-refractivity contribution is 5.37. The Morgan fingerprint density at radius 1 is 1.10 bits per heavy atom. The molecule has 1 unspecified atom stereocenters. The topological polar surface area (TPSA) is 21.3 Å². The van der Waals surface area contributed by atoms with Crippen LogP contribution < -0.4 is 10.1 Å². The number of ether oxygens (including phenoxy) is 1. The summed E-state index contributed by atoms with van der Waals surface area (Å²) >= 11 is 0. The quantitative estimate of drug-likeness (QED) is 0.808. The molecule has 2 nitrogen and oxygen atoms in total. The van der Waals surface area contributed by atoms with Crippen LogP contribution in [0.25, 0.3) is 0 Å². The number of benzene rings is 1. The van der Waals surface area contributed by atoms with Gasteiger partial charge in [0.15, 0.2) is 0 Å².